The van der Waals surface area contributed by atoms with Crippen LogP contribution in [0, 0.1) is 5.41 Å². The summed E-state index contributed by atoms with van der Waals surface area (Å²) in [4.78, 5) is 2.54. The van der Waals surface area contributed by atoms with Gasteiger partial charge in [0.2, 0.25) is 0 Å². The Labute approximate surface area is 79.8 Å². The van der Waals surface area contributed by atoms with E-state index >= 15 is 0 Å². The number of nitrogens with zero attached hydrogens (tertiary/aromatic N) is 1. The number of nitrogens with two attached hydrogens (primary N) is 1. The van der Waals surface area contributed by atoms with Gasteiger partial charge in [0.05, 0.1) is 0 Å². The minimum absolute atomic E-state index is 0.102. The lowest BCUT2D eigenvalue weighted by Crippen LogP contribution is -2.43. The molecule has 13 heavy (non-hydrogen) atoms. The van der Waals surface area contributed by atoms with Crippen molar-refractivity contribution in [2.24, 2.45) is 11.1 Å². The second-order valence-electron chi connectivity index (χ2n) is 5.51. The Bertz CT molecular complexity index is 311. The monoisotopic (exact) mass is 178 g/mol. The molecule has 0 spiro atoms. The molecule has 1 aliphatic carbocycles. The third-order valence-corrected chi connectivity index (χ3v) is 5.19. The van der Waals surface area contributed by atoms with Crippen molar-refractivity contribution in [2.45, 2.75) is 37.8 Å². The summed E-state index contributed by atoms with van der Waals surface area (Å²) in [5.74, 6) is 0. The van der Waals surface area contributed by atoms with Crippen LogP contribution in [0.1, 0.15) is 26.7 Å². The van der Waals surface area contributed by atoms with Gasteiger partial charge in [-0.2, -0.15) is 0 Å². The van der Waals surface area contributed by atoms with Gasteiger partial charge in [-0.25, -0.2) is 0 Å². The molecule has 0 aromatic carbocycles. The number of hydrogen-bond donors (Lipinski definition) is 1. The van der Waals surface area contributed by atoms with Crippen molar-refractivity contribution in [2.75, 3.05) is 13.1 Å². The van der Waals surface area contributed by atoms with E-state index in [0.29, 0.717) is 5.41 Å². The molecular weight excluding hydrogens is 160 g/mol. The molecule has 2 heteroatoms. The van der Waals surface area contributed by atoms with Crippen LogP contribution in [0.2, 0.25) is 0 Å². The molecule has 2 saturated heterocycles. The first kappa shape index (κ1) is 8.01. The van der Waals surface area contributed by atoms with Gasteiger partial charge in [0, 0.05) is 29.6 Å². The molecule has 0 radical (unpaired) electrons. The topological polar surface area (TPSA) is 29.3 Å². The smallest absolute Gasteiger partial charge is 0.0463 e. The maximum atomic E-state index is 6.34. The Kier molecular flexibility index (Phi) is 1.07. The first-order valence-electron chi connectivity index (χ1n) is 5.16. The Balaban J connectivity index is 2.12. The minimum atomic E-state index is 0.102. The number of hydrogen-bond acceptors (Lipinski definition) is 2. The van der Waals surface area contributed by atoms with Crippen molar-refractivity contribution in [1.82, 2.24) is 4.90 Å². The largest absolute Gasteiger partial charge is 0.323 e. The van der Waals surface area contributed by atoms with Crippen molar-refractivity contribution >= 4 is 0 Å². The van der Waals surface area contributed by atoms with Crippen LogP contribution in [-0.2, 0) is 0 Å². The standard InChI is InChI=1S/C11H18N2/c1-8-4-5-13-7-11(12)6-9(11,2)10(8,13)3/h1,4-7,12H2,2-3H3. The average Bonchev–Trinajstić information content (AvgIpc) is 2.41. The normalized spacial score (nSPS) is 59.5. The van der Waals surface area contributed by atoms with Gasteiger partial charge in [-0.1, -0.05) is 19.1 Å². The van der Waals surface area contributed by atoms with E-state index < -0.39 is 0 Å². The van der Waals surface area contributed by atoms with Crippen LogP contribution in [0.3, 0.4) is 0 Å². The van der Waals surface area contributed by atoms with Gasteiger partial charge in [-0.15, -0.1) is 0 Å². The molecule has 3 fully saturated rings. The highest BCUT2D eigenvalue weighted by atomic mass is 15.3. The van der Waals surface area contributed by atoms with Gasteiger partial charge in [-0.05, 0) is 19.8 Å². The van der Waals surface area contributed by atoms with Crippen LogP contribution in [0.4, 0.5) is 0 Å². The van der Waals surface area contributed by atoms with Crippen LogP contribution < -0.4 is 5.73 Å². The van der Waals surface area contributed by atoms with Crippen molar-refractivity contribution in [3.8, 4) is 0 Å². The highest BCUT2D eigenvalue weighted by Crippen LogP contribution is 2.71. The first-order chi connectivity index (χ1) is 5.94. The third-order valence-electron chi connectivity index (χ3n) is 5.19. The Morgan fingerprint density at radius 1 is 1.46 bits per heavy atom. The molecule has 0 bridgehead atoms. The number of piperidine rings is 1. The van der Waals surface area contributed by atoms with E-state index in [-0.39, 0.29) is 11.1 Å². The molecule has 72 valence electrons. The fourth-order valence-corrected chi connectivity index (χ4v) is 3.75. The molecule has 3 aliphatic rings. The van der Waals surface area contributed by atoms with Gasteiger partial charge in [0.25, 0.3) is 0 Å². The lowest BCUT2D eigenvalue weighted by atomic mass is 9.79. The molecule has 3 unspecified atom stereocenters. The maximum absolute atomic E-state index is 6.34. The minimum Gasteiger partial charge on any atom is -0.323 e. The second kappa shape index (κ2) is 1.73. The SMILES string of the molecule is C=C1CCN2CC3(N)CC3(C)C12C. The summed E-state index contributed by atoms with van der Waals surface area (Å²) < 4.78 is 0. The Morgan fingerprint density at radius 2 is 2.15 bits per heavy atom. The molecule has 3 atom stereocenters. The molecular formula is C11H18N2. The molecule has 2 heterocycles. The fourth-order valence-electron chi connectivity index (χ4n) is 3.75. The van der Waals surface area contributed by atoms with Crippen LogP contribution >= 0.6 is 0 Å². The van der Waals surface area contributed by atoms with E-state index in [1.165, 1.54) is 25.0 Å². The van der Waals surface area contributed by atoms with E-state index in [4.69, 9.17) is 5.73 Å². The van der Waals surface area contributed by atoms with E-state index in [0.717, 1.165) is 6.54 Å². The van der Waals surface area contributed by atoms with Crippen molar-refractivity contribution < 1.29 is 0 Å². The molecule has 0 amide bonds. The summed E-state index contributed by atoms with van der Waals surface area (Å²) in [6.45, 7) is 11.2. The molecule has 1 saturated carbocycles. The van der Waals surface area contributed by atoms with Crippen molar-refractivity contribution in [3.63, 3.8) is 0 Å². The summed E-state index contributed by atoms with van der Waals surface area (Å²) >= 11 is 0. The van der Waals surface area contributed by atoms with Gasteiger partial charge in [0.15, 0.2) is 0 Å². The zero-order valence-corrected chi connectivity index (χ0v) is 8.56. The molecule has 2 aliphatic heterocycles. The molecule has 2 nitrogen and oxygen atoms in total. The highest BCUT2D eigenvalue weighted by molar-refractivity contribution is 5.43. The summed E-state index contributed by atoms with van der Waals surface area (Å²) in [7, 11) is 0. The van der Waals surface area contributed by atoms with Crippen LogP contribution in [-0.4, -0.2) is 29.1 Å². The quantitative estimate of drug-likeness (QED) is 0.563. The zero-order chi connectivity index (χ0) is 9.48. The average molecular weight is 178 g/mol. The summed E-state index contributed by atoms with van der Waals surface area (Å²) in [5.41, 5.74) is 8.37. The predicted molar refractivity (Wildman–Crippen MR) is 53.4 cm³/mol. The fraction of sp³-hybridized carbons (Fsp3) is 0.818. The Morgan fingerprint density at radius 3 is 2.77 bits per heavy atom. The van der Waals surface area contributed by atoms with E-state index in [1.54, 1.807) is 0 Å². The van der Waals surface area contributed by atoms with Crippen LogP contribution in [0.15, 0.2) is 12.2 Å². The third kappa shape index (κ3) is 0.571. The van der Waals surface area contributed by atoms with Crippen LogP contribution in [0.5, 0.6) is 0 Å². The predicted octanol–water partition coefficient (Wildman–Crippen LogP) is 1.13. The lowest BCUT2D eigenvalue weighted by Gasteiger charge is -2.36. The van der Waals surface area contributed by atoms with Gasteiger partial charge >= 0.3 is 0 Å². The van der Waals surface area contributed by atoms with Gasteiger partial charge in [0.1, 0.15) is 0 Å². The second-order valence-corrected chi connectivity index (χ2v) is 5.51. The number of fused-ring (bicyclic) bond motifs is 3. The Hall–Kier alpha value is -0.340. The molecule has 0 aromatic heterocycles. The van der Waals surface area contributed by atoms with E-state index in [1.807, 2.05) is 0 Å². The highest BCUT2D eigenvalue weighted by Gasteiger charge is 2.78. The molecule has 2 N–H and O–H groups in total. The summed E-state index contributed by atoms with van der Waals surface area (Å²) in [6, 6.07) is 0. The van der Waals surface area contributed by atoms with Gasteiger partial charge in [-0.3, -0.25) is 4.90 Å². The lowest BCUT2D eigenvalue weighted by molar-refractivity contribution is 0.166. The van der Waals surface area contributed by atoms with E-state index in [2.05, 4.69) is 25.3 Å². The van der Waals surface area contributed by atoms with Gasteiger partial charge < -0.3 is 5.73 Å². The van der Waals surface area contributed by atoms with Crippen molar-refractivity contribution in [3.05, 3.63) is 12.2 Å². The number of rotatable bonds is 0. The molecule has 3 rings (SSSR count). The van der Waals surface area contributed by atoms with Crippen LogP contribution in [0.25, 0.3) is 0 Å². The zero-order valence-electron chi connectivity index (χ0n) is 8.56. The first-order valence-corrected chi connectivity index (χ1v) is 5.16. The summed E-state index contributed by atoms with van der Waals surface area (Å²) in [6.07, 6.45) is 2.36. The summed E-state index contributed by atoms with van der Waals surface area (Å²) in [5, 5.41) is 0. The van der Waals surface area contributed by atoms with E-state index in [9.17, 15) is 0 Å². The van der Waals surface area contributed by atoms with Crippen molar-refractivity contribution in [1.29, 1.82) is 0 Å². The maximum Gasteiger partial charge on any atom is 0.0463 e. The molecule has 0 aromatic rings.